The van der Waals surface area contributed by atoms with E-state index in [0.717, 1.165) is 149 Å². The second-order valence-corrected chi connectivity index (χ2v) is 18.9. The van der Waals surface area contributed by atoms with Gasteiger partial charge < -0.3 is 0 Å². The maximum Gasteiger partial charge on any atom is 0.140 e. The van der Waals surface area contributed by atoms with Gasteiger partial charge in [-0.15, -0.1) is 0 Å². The van der Waals surface area contributed by atoms with Crippen LogP contribution in [-0.4, -0.2) is 19.9 Å². The number of anilines is 12. The molecule has 76 heavy (non-hydrogen) atoms. The van der Waals surface area contributed by atoms with E-state index in [9.17, 15) is 0 Å². The predicted octanol–water partition coefficient (Wildman–Crippen LogP) is 18.3. The van der Waals surface area contributed by atoms with Crippen molar-refractivity contribution in [3.05, 3.63) is 253 Å². The van der Waals surface area contributed by atoms with Crippen LogP contribution in [0.5, 0.6) is 0 Å². The van der Waals surface area contributed by atoms with Gasteiger partial charge in [0.1, 0.15) is 23.3 Å². The number of benzene rings is 8. The second-order valence-electron chi connectivity index (χ2n) is 18.9. The Kier molecular flexibility index (Phi) is 13.1. The standard InChI is InChI=1S/C68H58N8/c1-5-47-25-21-41-69-65(47)73(51-29-13-9-14-30-51)59-45-60(74(52-31-15-10-16-32-52)66-48(6-2)26-22-42-70-66)56-39-40-58-62(76(54-35-19-12-20-36-54)68-50(8-4)28-24-44-72-68)46-61(57-38-37-55(59)63(56)64(57)58)75(53-33-17-11-18-34-53)67-49(7-3)27-23-43-71-67/h9-46H,5-8H2,1-4H3. The molecule has 0 bridgehead atoms. The Morgan fingerprint density at radius 3 is 0.697 bits per heavy atom. The van der Waals surface area contributed by atoms with Gasteiger partial charge in [-0.05, 0) is 133 Å². The van der Waals surface area contributed by atoms with E-state index in [1.807, 2.05) is 49.1 Å². The van der Waals surface area contributed by atoms with Gasteiger partial charge in [-0.3, -0.25) is 19.6 Å². The molecule has 0 unspecified atom stereocenters. The van der Waals surface area contributed by atoms with Crippen molar-refractivity contribution in [1.82, 2.24) is 19.9 Å². The van der Waals surface area contributed by atoms with Crippen LogP contribution >= 0.6 is 0 Å². The summed E-state index contributed by atoms with van der Waals surface area (Å²) in [7, 11) is 0. The number of hydrogen-bond donors (Lipinski definition) is 0. The molecule has 8 heteroatoms. The normalized spacial score (nSPS) is 11.4. The Bertz CT molecular complexity index is 3450. The van der Waals surface area contributed by atoms with Crippen molar-refractivity contribution in [3.63, 3.8) is 0 Å². The third-order valence-electron chi connectivity index (χ3n) is 14.7. The lowest BCUT2D eigenvalue weighted by atomic mass is 9.89. The minimum atomic E-state index is 0.799. The molecule has 370 valence electrons. The van der Waals surface area contributed by atoms with E-state index in [-0.39, 0.29) is 0 Å². The Morgan fingerprint density at radius 1 is 0.263 bits per heavy atom. The molecule has 0 aliphatic carbocycles. The van der Waals surface area contributed by atoms with Gasteiger partial charge in [0.05, 0.1) is 22.7 Å². The van der Waals surface area contributed by atoms with Crippen LogP contribution in [0.3, 0.4) is 0 Å². The van der Waals surface area contributed by atoms with Crippen LogP contribution in [0.1, 0.15) is 49.9 Å². The Labute approximate surface area is 445 Å². The summed E-state index contributed by atoms with van der Waals surface area (Å²) in [4.78, 5) is 30.5. The molecule has 0 amide bonds. The number of pyridine rings is 4. The van der Waals surface area contributed by atoms with Crippen LogP contribution in [0, 0.1) is 0 Å². The summed E-state index contributed by atoms with van der Waals surface area (Å²) in [5, 5.41) is 6.56. The molecular formula is C68H58N8. The molecule has 0 atom stereocenters. The van der Waals surface area contributed by atoms with E-state index >= 15 is 0 Å². The Morgan fingerprint density at radius 2 is 0.487 bits per heavy atom. The fourth-order valence-corrected chi connectivity index (χ4v) is 11.1. The number of para-hydroxylation sites is 4. The van der Waals surface area contributed by atoms with Crippen molar-refractivity contribution in [3.8, 4) is 0 Å². The fraction of sp³-hybridized carbons (Fsp3) is 0.118. The molecule has 0 saturated carbocycles. The summed E-state index contributed by atoms with van der Waals surface area (Å²) >= 11 is 0. The van der Waals surface area contributed by atoms with Gasteiger partial charge in [-0.1, -0.05) is 149 Å². The average Bonchev–Trinajstić information content (AvgIpc) is 3.67. The number of aromatic nitrogens is 4. The SMILES string of the molecule is CCc1cccnc1N(c1ccccc1)c1cc(N(c2ccccc2)c2ncccc2CC)c2ccc3c(N(c4ccccc4)c4ncccc4CC)cc(N(c4ccccc4)c4ncccc4CC)c4ccc1c2c43. The molecule has 0 N–H and O–H groups in total. The van der Waals surface area contributed by atoms with E-state index in [4.69, 9.17) is 19.9 Å². The average molecular weight is 987 g/mol. The molecule has 0 aliphatic rings. The fourth-order valence-electron chi connectivity index (χ4n) is 11.1. The van der Waals surface area contributed by atoms with Crippen molar-refractivity contribution in [2.24, 2.45) is 0 Å². The van der Waals surface area contributed by atoms with Gasteiger partial charge in [-0.25, -0.2) is 19.9 Å². The van der Waals surface area contributed by atoms with Crippen molar-refractivity contribution in [2.75, 3.05) is 19.6 Å². The second kappa shape index (κ2) is 20.8. The molecule has 12 rings (SSSR count). The smallest absolute Gasteiger partial charge is 0.140 e. The third kappa shape index (κ3) is 8.38. The highest BCUT2D eigenvalue weighted by molar-refractivity contribution is 6.33. The first-order chi connectivity index (χ1) is 37.6. The first kappa shape index (κ1) is 47.6. The summed E-state index contributed by atoms with van der Waals surface area (Å²) in [6, 6.07) is 73.9. The van der Waals surface area contributed by atoms with Crippen LogP contribution in [0.2, 0.25) is 0 Å². The quantitative estimate of drug-likeness (QED) is 0.0888. The summed E-state index contributed by atoms with van der Waals surface area (Å²) in [5.41, 5.74) is 12.6. The van der Waals surface area contributed by atoms with Crippen LogP contribution in [-0.2, 0) is 25.7 Å². The first-order valence-corrected chi connectivity index (χ1v) is 26.5. The van der Waals surface area contributed by atoms with E-state index in [1.54, 1.807) is 0 Å². The number of nitrogens with zero attached hydrogens (tertiary/aromatic N) is 8. The minimum absolute atomic E-state index is 0.799. The van der Waals surface area contributed by atoms with Crippen LogP contribution < -0.4 is 19.6 Å². The van der Waals surface area contributed by atoms with Gasteiger partial charge >= 0.3 is 0 Å². The molecule has 8 nitrogen and oxygen atoms in total. The summed E-state index contributed by atoms with van der Waals surface area (Å²) < 4.78 is 0. The number of aryl methyl sites for hydroxylation is 4. The zero-order chi connectivity index (χ0) is 51.5. The van der Waals surface area contributed by atoms with Crippen molar-refractivity contribution >= 4 is 101 Å². The lowest BCUT2D eigenvalue weighted by molar-refractivity contribution is 1.06. The van der Waals surface area contributed by atoms with E-state index in [2.05, 4.69) is 229 Å². The zero-order valence-electron chi connectivity index (χ0n) is 43.3. The van der Waals surface area contributed by atoms with Crippen molar-refractivity contribution in [1.29, 1.82) is 0 Å². The molecule has 0 radical (unpaired) electrons. The Balaban J connectivity index is 1.32. The Hall–Kier alpha value is -9.40. The molecule has 0 fully saturated rings. The van der Waals surface area contributed by atoms with Gasteiger partial charge in [0.25, 0.3) is 0 Å². The van der Waals surface area contributed by atoms with Gasteiger partial charge in [0.15, 0.2) is 0 Å². The molecule has 0 spiro atoms. The monoisotopic (exact) mass is 986 g/mol. The van der Waals surface area contributed by atoms with Crippen molar-refractivity contribution in [2.45, 2.75) is 53.4 Å². The summed E-state index contributed by atoms with van der Waals surface area (Å²) in [6.07, 6.45) is 10.9. The van der Waals surface area contributed by atoms with Gasteiger partial charge in [0, 0.05) is 79.9 Å². The largest absolute Gasteiger partial charge is 0.294 e. The van der Waals surface area contributed by atoms with Crippen molar-refractivity contribution < 1.29 is 0 Å². The minimum Gasteiger partial charge on any atom is -0.294 e. The maximum absolute atomic E-state index is 5.24. The summed E-state index contributed by atoms with van der Waals surface area (Å²) in [6.45, 7) is 8.84. The molecule has 12 aromatic rings. The molecule has 8 aromatic carbocycles. The van der Waals surface area contributed by atoms with Crippen LogP contribution in [0.25, 0.3) is 32.3 Å². The molecule has 4 aromatic heterocycles. The molecular weight excluding hydrogens is 929 g/mol. The van der Waals surface area contributed by atoms with Gasteiger partial charge in [0.2, 0.25) is 0 Å². The first-order valence-electron chi connectivity index (χ1n) is 26.5. The van der Waals surface area contributed by atoms with Gasteiger partial charge in [-0.2, -0.15) is 0 Å². The van der Waals surface area contributed by atoms with Crippen LogP contribution in [0.15, 0.2) is 231 Å². The van der Waals surface area contributed by atoms with E-state index < -0.39 is 0 Å². The highest BCUT2D eigenvalue weighted by atomic mass is 15.2. The third-order valence-corrected chi connectivity index (χ3v) is 14.7. The lowest BCUT2D eigenvalue weighted by Gasteiger charge is -2.34. The van der Waals surface area contributed by atoms with E-state index in [1.165, 1.54) is 0 Å². The molecule has 4 heterocycles. The number of hydrogen-bond acceptors (Lipinski definition) is 8. The zero-order valence-corrected chi connectivity index (χ0v) is 43.3. The molecule has 0 saturated heterocycles. The highest BCUT2D eigenvalue weighted by Crippen LogP contribution is 2.55. The number of rotatable bonds is 16. The molecule has 0 aliphatic heterocycles. The lowest BCUT2D eigenvalue weighted by Crippen LogP contribution is -2.18. The highest BCUT2D eigenvalue weighted by Gasteiger charge is 2.31. The summed E-state index contributed by atoms with van der Waals surface area (Å²) in [5.74, 6) is 3.53. The predicted molar refractivity (Wildman–Crippen MR) is 318 cm³/mol. The topological polar surface area (TPSA) is 64.5 Å². The van der Waals surface area contributed by atoms with Crippen LogP contribution in [0.4, 0.5) is 68.8 Å². The maximum atomic E-state index is 5.24. The van der Waals surface area contributed by atoms with E-state index in [0.29, 0.717) is 0 Å².